The Morgan fingerprint density at radius 1 is 1.43 bits per heavy atom. The van der Waals surface area contributed by atoms with E-state index in [1.165, 1.54) is 5.56 Å². The van der Waals surface area contributed by atoms with Crippen LogP contribution in [0.5, 0.6) is 0 Å². The minimum absolute atomic E-state index is 0.313. The lowest BCUT2D eigenvalue weighted by molar-refractivity contribution is 0.299. The van der Waals surface area contributed by atoms with Crippen LogP contribution in [-0.2, 0) is 6.42 Å². The molecule has 3 nitrogen and oxygen atoms in total. The normalized spacial score (nSPS) is 15.8. The number of furan rings is 1. The molecule has 0 aromatic carbocycles. The lowest BCUT2D eigenvalue weighted by atomic mass is 9.87. The molecule has 0 bridgehead atoms. The van der Waals surface area contributed by atoms with Crippen LogP contribution in [0.2, 0.25) is 0 Å². The lowest BCUT2D eigenvalue weighted by Crippen LogP contribution is -2.43. The Labute approximate surface area is 85.6 Å². The van der Waals surface area contributed by atoms with Crippen LogP contribution in [-0.4, -0.2) is 6.04 Å². The van der Waals surface area contributed by atoms with E-state index in [9.17, 15) is 0 Å². The van der Waals surface area contributed by atoms with Gasteiger partial charge < -0.3 is 4.42 Å². The smallest absolute Gasteiger partial charge is 0.0935 e. The molecule has 3 heteroatoms. The topological polar surface area (TPSA) is 51.2 Å². The number of nitrogens with one attached hydrogen (secondary N) is 1. The van der Waals surface area contributed by atoms with Crippen LogP contribution in [0.1, 0.15) is 26.3 Å². The highest BCUT2D eigenvalue weighted by atomic mass is 16.3. The second-order valence-electron chi connectivity index (χ2n) is 4.21. The average molecular weight is 196 g/mol. The summed E-state index contributed by atoms with van der Waals surface area (Å²) in [5, 5.41) is 0. The summed E-state index contributed by atoms with van der Waals surface area (Å²) >= 11 is 0. The summed E-state index contributed by atoms with van der Waals surface area (Å²) in [6.45, 7) is 6.64. The monoisotopic (exact) mass is 196 g/mol. The summed E-state index contributed by atoms with van der Waals surface area (Å²) in [7, 11) is 0. The number of rotatable bonds is 5. The fourth-order valence-corrected chi connectivity index (χ4v) is 1.52. The van der Waals surface area contributed by atoms with Gasteiger partial charge in [0.25, 0.3) is 0 Å². The maximum absolute atomic E-state index is 5.55. The van der Waals surface area contributed by atoms with E-state index < -0.39 is 0 Å². The molecule has 0 radical (unpaired) electrons. The minimum Gasteiger partial charge on any atom is -0.472 e. The van der Waals surface area contributed by atoms with E-state index in [1.807, 2.05) is 6.07 Å². The molecule has 80 valence electrons. The fraction of sp³-hybridized carbons (Fsp3) is 0.636. The van der Waals surface area contributed by atoms with Gasteiger partial charge >= 0.3 is 0 Å². The lowest BCUT2D eigenvalue weighted by Gasteiger charge is -2.25. The Kier molecular flexibility index (Phi) is 4.17. The first-order chi connectivity index (χ1) is 6.65. The molecule has 2 atom stereocenters. The third-order valence-electron chi connectivity index (χ3n) is 2.94. The molecule has 1 heterocycles. The van der Waals surface area contributed by atoms with Gasteiger partial charge in [-0.25, -0.2) is 0 Å². The minimum atomic E-state index is 0.313. The molecule has 0 saturated heterocycles. The predicted molar refractivity (Wildman–Crippen MR) is 57.5 cm³/mol. The second-order valence-corrected chi connectivity index (χ2v) is 4.21. The molecule has 3 N–H and O–H groups in total. The molecule has 14 heavy (non-hydrogen) atoms. The number of hydrazine groups is 1. The largest absolute Gasteiger partial charge is 0.472 e. The van der Waals surface area contributed by atoms with E-state index in [0.29, 0.717) is 17.9 Å². The molecule has 1 rings (SSSR count). The van der Waals surface area contributed by atoms with E-state index >= 15 is 0 Å². The first-order valence-corrected chi connectivity index (χ1v) is 5.12. The summed E-state index contributed by atoms with van der Waals surface area (Å²) in [6, 6.07) is 2.30. The molecular weight excluding hydrogens is 176 g/mol. The molecule has 0 spiro atoms. The van der Waals surface area contributed by atoms with E-state index in [0.717, 1.165) is 6.42 Å². The summed E-state index contributed by atoms with van der Waals surface area (Å²) < 4.78 is 5.03. The van der Waals surface area contributed by atoms with Gasteiger partial charge in [0.2, 0.25) is 0 Å². The maximum atomic E-state index is 5.55. The first-order valence-electron chi connectivity index (χ1n) is 5.12. The summed E-state index contributed by atoms with van der Waals surface area (Å²) in [4.78, 5) is 0. The first kappa shape index (κ1) is 11.3. The van der Waals surface area contributed by atoms with Gasteiger partial charge in [-0.1, -0.05) is 20.8 Å². The fourth-order valence-electron chi connectivity index (χ4n) is 1.52. The van der Waals surface area contributed by atoms with Crippen LogP contribution in [0.3, 0.4) is 0 Å². The SMILES string of the molecule is CC(C)C(C)C(Cc1ccoc1)NN. The molecule has 1 aromatic rings. The maximum Gasteiger partial charge on any atom is 0.0935 e. The van der Waals surface area contributed by atoms with E-state index in [4.69, 9.17) is 10.3 Å². The van der Waals surface area contributed by atoms with Crippen molar-refractivity contribution in [3.05, 3.63) is 24.2 Å². The summed E-state index contributed by atoms with van der Waals surface area (Å²) in [5.74, 6) is 6.73. The number of hydrogen-bond acceptors (Lipinski definition) is 3. The van der Waals surface area contributed by atoms with Crippen molar-refractivity contribution in [1.29, 1.82) is 0 Å². The Balaban J connectivity index is 2.55. The van der Waals surface area contributed by atoms with Crippen molar-refractivity contribution in [2.45, 2.75) is 33.2 Å². The van der Waals surface area contributed by atoms with Crippen molar-refractivity contribution in [2.24, 2.45) is 17.7 Å². The van der Waals surface area contributed by atoms with Gasteiger partial charge in [0, 0.05) is 6.04 Å². The molecule has 0 aliphatic rings. The van der Waals surface area contributed by atoms with E-state index in [2.05, 4.69) is 26.2 Å². The van der Waals surface area contributed by atoms with Crippen molar-refractivity contribution in [2.75, 3.05) is 0 Å². The van der Waals surface area contributed by atoms with Gasteiger partial charge in [-0.05, 0) is 29.9 Å². The van der Waals surface area contributed by atoms with Crippen molar-refractivity contribution < 1.29 is 4.42 Å². The Morgan fingerprint density at radius 2 is 2.14 bits per heavy atom. The van der Waals surface area contributed by atoms with Crippen molar-refractivity contribution in [3.8, 4) is 0 Å². The standard InChI is InChI=1S/C11H20N2O/c1-8(2)9(3)11(13-12)6-10-4-5-14-7-10/h4-5,7-9,11,13H,6,12H2,1-3H3. The van der Waals surface area contributed by atoms with Crippen LogP contribution in [0.15, 0.2) is 23.0 Å². The van der Waals surface area contributed by atoms with Gasteiger partial charge in [0.15, 0.2) is 0 Å². The highest BCUT2D eigenvalue weighted by Crippen LogP contribution is 2.17. The zero-order chi connectivity index (χ0) is 10.6. The third-order valence-corrected chi connectivity index (χ3v) is 2.94. The zero-order valence-corrected chi connectivity index (χ0v) is 9.16. The quantitative estimate of drug-likeness (QED) is 0.559. The summed E-state index contributed by atoms with van der Waals surface area (Å²) in [5.41, 5.74) is 4.07. The van der Waals surface area contributed by atoms with E-state index in [-0.39, 0.29) is 0 Å². The average Bonchev–Trinajstić information content (AvgIpc) is 2.65. The molecule has 0 aliphatic heterocycles. The van der Waals surface area contributed by atoms with Gasteiger partial charge in [0.05, 0.1) is 12.5 Å². The van der Waals surface area contributed by atoms with Crippen molar-refractivity contribution in [1.82, 2.24) is 5.43 Å². The highest BCUT2D eigenvalue weighted by molar-refractivity contribution is 5.07. The number of nitrogens with two attached hydrogens (primary N) is 1. The molecule has 0 amide bonds. The molecule has 0 fully saturated rings. The Hall–Kier alpha value is -0.800. The molecule has 1 aromatic heterocycles. The van der Waals surface area contributed by atoms with Crippen LogP contribution in [0.4, 0.5) is 0 Å². The summed E-state index contributed by atoms with van der Waals surface area (Å²) in [6.07, 6.45) is 4.40. The molecule has 0 aliphatic carbocycles. The third kappa shape index (κ3) is 2.86. The molecule has 0 saturated carbocycles. The molecule has 2 unspecified atom stereocenters. The Morgan fingerprint density at radius 3 is 2.57 bits per heavy atom. The van der Waals surface area contributed by atoms with Gasteiger partial charge in [0.1, 0.15) is 0 Å². The van der Waals surface area contributed by atoms with Gasteiger partial charge in [-0.15, -0.1) is 0 Å². The van der Waals surface area contributed by atoms with Crippen molar-refractivity contribution in [3.63, 3.8) is 0 Å². The highest BCUT2D eigenvalue weighted by Gasteiger charge is 2.19. The predicted octanol–water partition coefficient (Wildman–Crippen LogP) is 1.95. The number of hydrogen-bond donors (Lipinski definition) is 2. The van der Waals surface area contributed by atoms with Gasteiger partial charge in [-0.3, -0.25) is 11.3 Å². The Bertz CT molecular complexity index is 244. The molecular formula is C11H20N2O. The second kappa shape index (κ2) is 5.17. The van der Waals surface area contributed by atoms with Crippen LogP contribution < -0.4 is 11.3 Å². The van der Waals surface area contributed by atoms with Gasteiger partial charge in [-0.2, -0.15) is 0 Å². The van der Waals surface area contributed by atoms with Crippen LogP contribution >= 0.6 is 0 Å². The van der Waals surface area contributed by atoms with Crippen molar-refractivity contribution >= 4 is 0 Å². The van der Waals surface area contributed by atoms with Crippen LogP contribution in [0.25, 0.3) is 0 Å². The van der Waals surface area contributed by atoms with E-state index in [1.54, 1.807) is 12.5 Å². The van der Waals surface area contributed by atoms with Crippen LogP contribution in [0, 0.1) is 11.8 Å². The zero-order valence-electron chi connectivity index (χ0n) is 9.16.